The van der Waals surface area contributed by atoms with Crippen LogP contribution in [0.25, 0.3) is 11.2 Å². The van der Waals surface area contributed by atoms with Crippen LogP contribution in [0.5, 0.6) is 0 Å². The maximum atomic E-state index is 11.6. The van der Waals surface area contributed by atoms with Gasteiger partial charge in [-0.05, 0) is 13.8 Å². The molecule has 0 fully saturated rings. The van der Waals surface area contributed by atoms with Crippen LogP contribution in [-0.4, -0.2) is 43.7 Å². The Balaban J connectivity index is 1.82. The Morgan fingerprint density at radius 2 is 2.27 bits per heavy atom. The first-order valence-corrected chi connectivity index (χ1v) is 7.67. The fourth-order valence-corrected chi connectivity index (χ4v) is 2.27. The van der Waals surface area contributed by atoms with E-state index in [4.69, 9.17) is 19.5 Å². The van der Waals surface area contributed by atoms with Crippen molar-refractivity contribution in [2.24, 2.45) is 0 Å². The van der Waals surface area contributed by atoms with Gasteiger partial charge >= 0.3 is 8.60 Å². The molecule has 0 saturated carbocycles. The molecule has 122 valence electrons. The molecule has 2 heterocycles. The first-order valence-electron chi connectivity index (χ1n) is 6.54. The number of nitrogen functional groups attached to an aromatic ring is 1. The van der Waals surface area contributed by atoms with Crippen molar-refractivity contribution in [3.63, 3.8) is 0 Å². The molecule has 2 rings (SSSR count). The average Bonchev–Trinajstić information content (AvgIpc) is 2.81. The second kappa shape index (κ2) is 7.61. The molecule has 2 aromatic rings. The zero-order valence-corrected chi connectivity index (χ0v) is 13.1. The van der Waals surface area contributed by atoms with Crippen molar-refractivity contribution in [3.05, 3.63) is 16.7 Å². The summed E-state index contributed by atoms with van der Waals surface area (Å²) in [6.07, 6.45) is 1.33. The number of rotatable bonds is 8. The van der Waals surface area contributed by atoms with Gasteiger partial charge in [-0.1, -0.05) is 0 Å². The molecule has 0 aliphatic rings. The van der Waals surface area contributed by atoms with Crippen molar-refractivity contribution in [1.82, 2.24) is 19.5 Å². The highest BCUT2D eigenvalue weighted by molar-refractivity contribution is 7.40. The number of ether oxygens (including phenoxy) is 1. The number of aromatic amines is 1. The predicted octanol–water partition coefficient (Wildman–Crippen LogP) is 0.337. The molecule has 11 heteroatoms. The Hall–Kier alpha value is -1.58. The van der Waals surface area contributed by atoms with Crippen molar-refractivity contribution in [2.45, 2.75) is 26.7 Å². The standard InChI is InChI=1S/C11H18N5O5P/c1-7(2)21-22(18)20-4-3-19-6-16-5-13-8-9(16)14-11(12)15-10(8)17/h5,7,18H,3-4,6H2,1-2H3,(H3,12,14,15,17). The summed E-state index contributed by atoms with van der Waals surface area (Å²) >= 11 is 0. The second-order valence-corrected chi connectivity index (χ2v) is 5.54. The van der Waals surface area contributed by atoms with E-state index in [0.717, 1.165) is 0 Å². The highest BCUT2D eigenvalue weighted by Crippen LogP contribution is 2.33. The number of nitrogens with one attached hydrogen (secondary N) is 1. The van der Waals surface area contributed by atoms with Crippen molar-refractivity contribution < 1.29 is 18.7 Å². The lowest BCUT2D eigenvalue weighted by Crippen LogP contribution is -2.13. The molecule has 0 saturated heterocycles. The number of hydrogen-bond acceptors (Lipinski definition) is 8. The van der Waals surface area contributed by atoms with Crippen LogP contribution in [0.15, 0.2) is 11.1 Å². The number of aromatic nitrogens is 4. The van der Waals surface area contributed by atoms with E-state index < -0.39 is 14.2 Å². The predicted molar refractivity (Wildman–Crippen MR) is 79.8 cm³/mol. The summed E-state index contributed by atoms with van der Waals surface area (Å²) in [6.45, 7) is 4.15. The van der Waals surface area contributed by atoms with E-state index in [9.17, 15) is 9.69 Å². The Kier molecular flexibility index (Phi) is 5.81. The monoisotopic (exact) mass is 331 g/mol. The van der Waals surface area contributed by atoms with Gasteiger partial charge in [0.1, 0.15) is 6.73 Å². The smallest absolute Gasteiger partial charge is 0.330 e. The molecular weight excluding hydrogens is 313 g/mol. The van der Waals surface area contributed by atoms with Crippen molar-refractivity contribution >= 4 is 25.7 Å². The third kappa shape index (κ3) is 4.46. The summed E-state index contributed by atoms with van der Waals surface area (Å²) < 4.78 is 17.0. The fraction of sp³-hybridized carbons (Fsp3) is 0.545. The lowest BCUT2D eigenvalue weighted by Gasteiger charge is -2.13. The third-order valence-electron chi connectivity index (χ3n) is 2.45. The van der Waals surface area contributed by atoms with Crippen LogP contribution in [-0.2, 0) is 20.5 Å². The zero-order valence-electron chi connectivity index (χ0n) is 12.2. The van der Waals surface area contributed by atoms with Gasteiger partial charge in [0.25, 0.3) is 5.56 Å². The average molecular weight is 331 g/mol. The first kappa shape index (κ1) is 16.8. The number of imidazole rings is 1. The molecule has 4 N–H and O–H groups in total. The quantitative estimate of drug-likeness (QED) is 0.465. The van der Waals surface area contributed by atoms with E-state index in [0.29, 0.717) is 5.65 Å². The van der Waals surface area contributed by atoms with Crippen LogP contribution in [0.2, 0.25) is 0 Å². The van der Waals surface area contributed by atoms with Crippen LogP contribution in [0.4, 0.5) is 5.95 Å². The second-order valence-electron chi connectivity index (χ2n) is 4.60. The summed E-state index contributed by atoms with van der Waals surface area (Å²) in [5.74, 6) is 0.0133. The highest BCUT2D eigenvalue weighted by atomic mass is 31.2. The molecule has 0 aliphatic heterocycles. The van der Waals surface area contributed by atoms with Gasteiger partial charge in [0.2, 0.25) is 5.95 Å². The summed E-state index contributed by atoms with van der Waals surface area (Å²) in [7, 11) is -1.89. The van der Waals surface area contributed by atoms with Crippen molar-refractivity contribution in [3.8, 4) is 0 Å². The van der Waals surface area contributed by atoms with E-state index in [1.807, 2.05) is 0 Å². The van der Waals surface area contributed by atoms with Gasteiger partial charge in [-0.25, -0.2) is 4.98 Å². The summed E-state index contributed by atoms with van der Waals surface area (Å²) in [5.41, 5.74) is 5.63. The van der Waals surface area contributed by atoms with Gasteiger partial charge in [-0.15, -0.1) is 0 Å². The molecule has 0 radical (unpaired) electrons. The minimum atomic E-state index is -1.89. The molecule has 0 spiro atoms. The van der Waals surface area contributed by atoms with Crippen LogP contribution in [0.3, 0.4) is 0 Å². The topological polar surface area (TPSA) is 138 Å². The van der Waals surface area contributed by atoms with Gasteiger partial charge in [0.15, 0.2) is 11.2 Å². The summed E-state index contributed by atoms with van der Waals surface area (Å²) in [6, 6.07) is 0. The maximum Gasteiger partial charge on any atom is 0.330 e. The minimum Gasteiger partial charge on any atom is -0.369 e. The Labute approximate surface area is 127 Å². The van der Waals surface area contributed by atoms with E-state index in [-0.39, 0.29) is 37.5 Å². The van der Waals surface area contributed by atoms with Crippen molar-refractivity contribution in [1.29, 1.82) is 0 Å². The van der Waals surface area contributed by atoms with Crippen LogP contribution >= 0.6 is 8.60 Å². The molecular formula is C11H18N5O5P. The molecule has 22 heavy (non-hydrogen) atoms. The lowest BCUT2D eigenvalue weighted by atomic mass is 10.5. The fourth-order valence-electron chi connectivity index (χ4n) is 1.61. The Morgan fingerprint density at radius 3 is 3.00 bits per heavy atom. The van der Waals surface area contributed by atoms with Crippen LogP contribution in [0, 0.1) is 0 Å². The SMILES string of the molecule is CC(C)OP(O)OCCOCn1cnc2c(=O)[nH]c(N)nc21. The van der Waals surface area contributed by atoms with Gasteiger partial charge in [-0.3, -0.25) is 14.3 Å². The zero-order chi connectivity index (χ0) is 16.1. The molecule has 0 amide bonds. The molecule has 1 unspecified atom stereocenters. The molecule has 10 nitrogen and oxygen atoms in total. The number of nitrogens with zero attached hydrogens (tertiary/aromatic N) is 3. The number of hydrogen-bond donors (Lipinski definition) is 3. The number of anilines is 1. The van der Waals surface area contributed by atoms with E-state index >= 15 is 0 Å². The molecule has 0 bridgehead atoms. The summed E-state index contributed by atoms with van der Waals surface area (Å²) in [5, 5.41) is 0. The molecule has 0 aromatic carbocycles. The first-order chi connectivity index (χ1) is 10.5. The molecule has 0 aliphatic carbocycles. The maximum absolute atomic E-state index is 11.6. The largest absolute Gasteiger partial charge is 0.369 e. The minimum absolute atomic E-state index is 0.0133. The van der Waals surface area contributed by atoms with Crippen molar-refractivity contribution in [2.75, 3.05) is 18.9 Å². The van der Waals surface area contributed by atoms with Crippen LogP contribution in [0.1, 0.15) is 13.8 Å². The lowest BCUT2D eigenvalue weighted by molar-refractivity contribution is 0.0481. The van der Waals surface area contributed by atoms with E-state index in [1.165, 1.54) is 6.33 Å². The normalized spacial score (nSPS) is 13.1. The highest BCUT2D eigenvalue weighted by Gasteiger charge is 2.10. The van der Waals surface area contributed by atoms with Gasteiger partial charge < -0.3 is 24.4 Å². The van der Waals surface area contributed by atoms with Gasteiger partial charge in [0.05, 0.1) is 25.6 Å². The summed E-state index contributed by atoms with van der Waals surface area (Å²) in [4.78, 5) is 31.3. The number of H-pyrrole nitrogens is 1. The Morgan fingerprint density at radius 1 is 1.50 bits per heavy atom. The molecule has 1 atom stereocenters. The third-order valence-corrected chi connectivity index (χ3v) is 3.46. The molecule has 2 aromatic heterocycles. The van der Waals surface area contributed by atoms with Crippen LogP contribution < -0.4 is 11.3 Å². The number of nitrogens with two attached hydrogens (primary N) is 1. The van der Waals surface area contributed by atoms with E-state index in [2.05, 4.69) is 15.0 Å². The van der Waals surface area contributed by atoms with E-state index in [1.54, 1.807) is 18.4 Å². The Bertz CT molecular complexity index is 672. The van der Waals surface area contributed by atoms with Gasteiger partial charge in [-0.2, -0.15) is 4.98 Å². The number of fused-ring (bicyclic) bond motifs is 1. The van der Waals surface area contributed by atoms with Gasteiger partial charge in [0, 0.05) is 0 Å².